The fourth-order valence-corrected chi connectivity index (χ4v) is 6.61. The third-order valence-electron chi connectivity index (χ3n) is 8.73. The highest BCUT2D eigenvalue weighted by Gasteiger charge is 2.46. The standard InChI is InChI=1S/C31H46N4O8/c1-31(2,3)13-27(37)35-17-22-16-33(8-9-42-22)30(40)23-11-20(15-34(23)14-19-6-5-7-21(10-19)41-4)32-26(36)12-24-28(38)29(39)25(18-35)43-24/h5-7,10,20,22-25,28-29,38-39H,8-9,11-18H2,1-4H3,(H,32,36)/t20-,22-,23-,24-,25+,28-,29+/m0/s1. The molecule has 12 heteroatoms. The van der Waals surface area contributed by atoms with Crippen molar-refractivity contribution in [2.45, 2.75) is 89.2 Å². The summed E-state index contributed by atoms with van der Waals surface area (Å²) in [7, 11) is 1.61. The molecule has 4 aliphatic rings. The van der Waals surface area contributed by atoms with Gasteiger partial charge in [0, 0.05) is 51.7 Å². The van der Waals surface area contributed by atoms with Gasteiger partial charge >= 0.3 is 0 Å². The van der Waals surface area contributed by atoms with Crippen LogP contribution in [0.4, 0.5) is 0 Å². The third-order valence-corrected chi connectivity index (χ3v) is 8.73. The largest absolute Gasteiger partial charge is 0.497 e. The molecule has 1 aromatic rings. The minimum absolute atomic E-state index is 0.0261. The van der Waals surface area contributed by atoms with E-state index < -0.39 is 36.6 Å². The van der Waals surface area contributed by atoms with Crippen LogP contribution in [0.2, 0.25) is 0 Å². The zero-order valence-electron chi connectivity index (χ0n) is 25.6. The Kier molecular flexibility index (Phi) is 9.62. The number of nitrogens with zero attached hydrogens (tertiary/aromatic N) is 3. The van der Waals surface area contributed by atoms with Gasteiger partial charge in [0.2, 0.25) is 17.7 Å². The number of carbonyl (C=O) groups is 3. The van der Waals surface area contributed by atoms with E-state index in [0.29, 0.717) is 39.2 Å². The SMILES string of the molecule is COc1cccc(CN2C[C@@H]3C[C@H]2C(=O)N2CCO[C@H](CN(C(=O)CC(C)(C)C)C[C@H]4O[C@@H](CC(=O)N3)[C@H](O)[C@@H]4O)C2)c1. The maximum Gasteiger partial charge on any atom is 0.240 e. The lowest BCUT2D eigenvalue weighted by atomic mass is 9.91. The van der Waals surface area contributed by atoms with Gasteiger partial charge in [0.25, 0.3) is 0 Å². The molecule has 0 aliphatic carbocycles. The summed E-state index contributed by atoms with van der Waals surface area (Å²) in [6.45, 7) is 8.25. The number of amides is 3. The monoisotopic (exact) mass is 602 g/mol. The van der Waals surface area contributed by atoms with Crippen LogP contribution in [0.15, 0.2) is 24.3 Å². The molecule has 0 saturated carbocycles. The van der Waals surface area contributed by atoms with Gasteiger partial charge in [0.15, 0.2) is 0 Å². The summed E-state index contributed by atoms with van der Waals surface area (Å²) in [5.41, 5.74) is 0.716. The van der Waals surface area contributed by atoms with Crippen molar-refractivity contribution < 1.29 is 38.8 Å². The highest BCUT2D eigenvalue weighted by Crippen LogP contribution is 2.29. The van der Waals surface area contributed by atoms with Crippen LogP contribution in [-0.4, -0.2) is 132 Å². The lowest BCUT2D eigenvalue weighted by Gasteiger charge is -2.39. The number of rotatable bonds is 4. The average Bonchev–Trinajstić information content (AvgIpc) is 3.46. The molecule has 4 fully saturated rings. The first-order chi connectivity index (χ1) is 20.4. The van der Waals surface area contributed by atoms with Crippen molar-refractivity contribution in [1.82, 2.24) is 20.0 Å². The predicted molar refractivity (Wildman–Crippen MR) is 156 cm³/mol. The molecular weight excluding hydrogens is 556 g/mol. The number of aliphatic hydroxyl groups is 2. The number of fused-ring (bicyclic) bond motifs is 6. The third kappa shape index (κ3) is 7.66. The van der Waals surface area contributed by atoms with Crippen molar-refractivity contribution >= 4 is 17.7 Å². The quantitative estimate of drug-likeness (QED) is 0.439. The second kappa shape index (κ2) is 13.1. The van der Waals surface area contributed by atoms with Gasteiger partial charge in [-0.05, 0) is 29.5 Å². The van der Waals surface area contributed by atoms with E-state index in [4.69, 9.17) is 14.2 Å². The number of hydrogen-bond acceptors (Lipinski definition) is 9. The number of nitrogens with one attached hydrogen (secondary N) is 1. The molecule has 0 spiro atoms. The van der Waals surface area contributed by atoms with E-state index in [1.54, 1.807) is 16.9 Å². The fourth-order valence-electron chi connectivity index (χ4n) is 6.61. The second-order valence-corrected chi connectivity index (χ2v) is 13.5. The molecule has 238 valence electrons. The van der Waals surface area contributed by atoms with E-state index in [-0.39, 0.29) is 55.1 Å². The van der Waals surface area contributed by atoms with E-state index in [1.807, 2.05) is 45.0 Å². The number of morpholine rings is 1. The predicted octanol–water partition coefficient (Wildman–Crippen LogP) is 0.139. The van der Waals surface area contributed by atoms with Crippen LogP contribution in [0, 0.1) is 5.41 Å². The Labute approximate surface area is 253 Å². The molecule has 7 atom stereocenters. The first kappa shape index (κ1) is 31.6. The van der Waals surface area contributed by atoms with Crippen molar-refractivity contribution in [3.05, 3.63) is 29.8 Å². The topological polar surface area (TPSA) is 141 Å². The molecule has 3 N–H and O–H groups in total. The summed E-state index contributed by atoms with van der Waals surface area (Å²) >= 11 is 0. The highest BCUT2D eigenvalue weighted by molar-refractivity contribution is 5.83. The molecule has 4 saturated heterocycles. The Bertz CT molecular complexity index is 1170. The number of benzene rings is 1. The Morgan fingerprint density at radius 2 is 1.86 bits per heavy atom. The molecule has 3 amide bonds. The normalized spacial score (nSPS) is 32.6. The van der Waals surface area contributed by atoms with Crippen LogP contribution in [-0.2, 0) is 30.4 Å². The van der Waals surface area contributed by atoms with E-state index in [2.05, 4.69) is 10.2 Å². The van der Waals surface area contributed by atoms with Gasteiger partial charge in [-0.1, -0.05) is 32.9 Å². The number of hydrogen-bond donors (Lipinski definition) is 3. The summed E-state index contributed by atoms with van der Waals surface area (Å²) in [4.78, 5) is 46.2. The molecule has 12 nitrogen and oxygen atoms in total. The summed E-state index contributed by atoms with van der Waals surface area (Å²) in [6.07, 6.45) is -4.16. The van der Waals surface area contributed by atoms with Crippen molar-refractivity contribution in [1.29, 1.82) is 0 Å². The van der Waals surface area contributed by atoms with Crippen molar-refractivity contribution in [3.8, 4) is 5.75 Å². The van der Waals surface area contributed by atoms with Crippen molar-refractivity contribution in [2.75, 3.05) is 46.4 Å². The van der Waals surface area contributed by atoms with Crippen LogP contribution in [0.1, 0.15) is 45.6 Å². The molecule has 0 radical (unpaired) electrons. The Morgan fingerprint density at radius 3 is 2.60 bits per heavy atom. The van der Waals surface area contributed by atoms with Crippen molar-refractivity contribution in [3.63, 3.8) is 0 Å². The van der Waals surface area contributed by atoms with E-state index in [9.17, 15) is 24.6 Å². The summed E-state index contributed by atoms with van der Waals surface area (Å²) < 4.78 is 17.5. The van der Waals surface area contributed by atoms with Gasteiger partial charge in [-0.25, -0.2) is 0 Å². The molecule has 1 aromatic carbocycles. The van der Waals surface area contributed by atoms with Gasteiger partial charge in [-0.3, -0.25) is 19.3 Å². The van der Waals surface area contributed by atoms with Crippen LogP contribution in [0.25, 0.3) is 0 Å². The molecule has 4 aliphatic heterocycles. The second-order valence-electron chi connectivity index (χ2n) is 13.5. The van der Waals surface area contributed by atoms with Gasteiger partial charge < -0.3 is 39.5 Å². The number of aliphatic hydroxyl groups excluding tert-OH is 2. The van der Waals surface area contributed by atoms with Crippen LogP contribution in [0.3, 0.4) is 0 Å². The Balaban J connectivity index is 1.41. The van der Waals surface area contributed by atoms with Crippen LogP contribution < -0.4 is 10.1 Å². The average molecular weight is 603 g/mol. The number of methoxy groups -OCH3 is 1. The molecule has 4 heterocycles. The van der Waals surface area contributed by atoms with Crippen LogP contribution >= 0.6 is 0 Å². The highest BCUT2D eigenvalue weighted by atomic mass is 16.5. The van der Waals surface area contributed by atoms with E-state index >= 15 is 0 Å². The zero-order chi connectivity index (χ0) is 30.9. The molecule has 0 unspecified atom stereocenters. The summed E-state index contributed by atoms with van der Waals surface area (Å²) in [5, 5.41) is 24.7. The molecular formula is C31H46N4O8. The zero-order valence-corrected chi connectivity index (χ0v) is 25.6. The van der Waals surface area contributed by atoms with Gasteiger partial charge in [0.1, 0.15) is 24.1 Å². The number of carbonyl (C=O) groups excluding carboxylic acids is 3. The van der Waals surface area contributed by atoms with Gasteiger partial charge in [0.05, 0.1) is 38.4 Å². The minimum Gasteiger partial charge on any atom is -0.497 e. The summed E-state index contributed by atoms with van der Waals surface area (Å²) in [6, 6.07) is 6.98. The van der Waals surface area contributed by atoms with Crippen molar-refractivity contribution in [2.24, 2.45) is 5.41 Å². The lowest BCUT2D eigenvalue weighted by Crippen LogP contribution is -2.55. The summed E-state index contributed by atoms with van der Waals surface area (Å²) in [5.74, 6) is 0.250. The minimum atomic E-state index is -1.27. The number of likely N-dealkylation sites (tertiary alicyclic amines) is 1. The molecule has 6 bridgehead atoms. The van der Waals surface area contributed by atoms with Crippen LogP contribution in [0.5, 0.6) is 5.75 Å². The molecule has 43 heavy (non-hydrogen) atoms. The smallest absolute Gasteiger partial charge is 0.240 e. The lowest BCUT2D eigenvalue weighted by molar-refractivity contribution is -0.148. The first-order valence-electron chi connectivity index (χ1n) is 15.3. The molecule has 0 aromatic heterocycles. The van der Waals surface area contributed by atoms with Gasteiger partial charge in [-0.2, -0.15) is 0 Å². The van der Waals surface area contributed by atoms with E-state index in [1.165, 1.54) is 0 Å². The fraction of sp³-hybridized carbons (Fsp3) is 0.710. The maximum absolute atomic E-state index is 14.0. The Hall–Kier alpha value is -2.77. The number of ether oxygens (including phenoxy) is 3. The first-order valence-corrected chi connectivity index (χ1v) is 15.3. The van der Waals surface area contributed by atoms with E-state index in [0.717, 1.165) is 11.3 Å². The maximum atomic E-state index is 14.0. The molecule has 5 rings (SSSR count). The van der Waals surface area contributed by atoms with Gasteiger partial charge in [-0.15, -0.1) is 0 Å². The Morgan fingerprint density at radius 1 is 1.09 bits per heavy atom.